The summed E-state index contributed by atoms with van der Waals surface area (Å²) < 4.78 is 1.72. The minimum absolute atomic E-state index is 0.197. The summed E-state index contributed by atoms with van der Waals surface area (Å²) in [4.78, 5) is 15.1. The Kier molecular flexibility index (Phi) is 1.84. The van der Waals surface area contributed by atoms with Crippen molar-refractivity contribution >= 4 is 5.52 Å². The van der Waals surface area contributed by atoms with Gasteiger partial charge in [-0.1, -0.05) is 6.92 Å². The maximum Gasteiger partial charge on any atom is 0.290 e. The van der Waals surface area contributed by atoms with E-state index in [2.05, 4.69) is 22.1 Å². The van der Waals surface area contributed by atoms with Crippen LogP contribution in [0.15, 0.2) is 17.3 Å². The van der Waals surface area contributed by atoms with Crippen LogP contribution in [0.2, 0.25) is 0 Å². The van der Waals surface area contributed by atoms with Crippen molar-refractivity contribution in [3.8, 4) is 0 Å². The molecule has 2 rings (SSSR count). The standard InChI is InChI=1S/C8H10N4O/c1-2-3-7-10-11-8(13)6-4-9-5-12(6)7/h4-5H,2-3H2,1H3,(H,11,13). The molecule has 2 heterocycles. The number of nitrogens with one attached hydrogen (secondary N) is 1. The molecule has 1 N–H and O–H groups in total. The lowest BCUT2D eigenvalue weighted by molar-refractivity contribution is 0.757. The van der Waals surface area contributed by atoms with E-state index in [0.717, 1.165) is 18.7 Å². The molecule has 0 saturated carbocycles. The van der Waals surface area contributed by atoms with Gasteiger partial charge in [0.15, 0.2) is 0 Å². The molecule has 0 spiro atoms. The Balaban J connectivity index is 2.71. The number of H-pyrrole nitrogens is 1. The Hall–Kier alpha value is -1.65. The van der Waals surface area contributed by atoms with Crippen LogP contribution in [0, 0.1) is 0 Å². The van der Waals surface area contributed by atoms with Gasteiger partial charge in [0.1, 0.15) is 17.7 Å². The highest BCUT2D eigenvalue weighted by molar-refractivity contribution is 5.41. The molecule has 0 aliphatic rings. The number of aryl methyl sites for hydroxylation is 1. The Morgan fingerprint density at radius 1 is 1.62 bits per heavy atom. The lowest BCUT2D eigenvalue weighted by Gasteiger charge is -2.00. The lowest BCUT2D eigenvalue weighted by atomic mass is 10.3. The predicted octanol–water partition coefficient (Wildman–Crippen LogP) is 0.370. The van der Waals surface area contributed by atoms with Crippen molar-refractivity contribution in [1.82, 2.24) is 19.6 Å². The highest BCUT2D eigenvalue weighted by atomic mass is 16.1. The number of aromatic amines is 1. The average molecular weight is 178 g/mol. The Morgan fingerprint density at radius 3 is 3.23 bits per heavy atom. The second-order valence-electron chi connectivity index (χ2n) is 2.87. The molecule has 5 nitrogen and oxygen atoms in total. The fourth-order valence-corrected chi connectivity index (χ4v) is 1.30. The monoisotopic (exact) mass is 178 g/mol. The normalized spacial score (nSPS) is 10.8. The highest BCUT2D eigenvalue weighted by Crippen LogP contribution is 2.00. The summed E-state index contributed by atoms with van der Waals surface area (Å²) in [7, 11) is 0. The number of nitrogens with zero attached hydrogens (tertiary/aromatic N) is 3. The largest absolute Gasteiger partial charge is 0.290 e. The van der Waals surface area contributed by atoms with Crippen molar-refractivity contribution in [3.63, 3.8) is 0 Å². The number of hydrogen-bond acceptors (Lipinski definition) is 3. The Labute approximate surface area is 74.4 Å². The maximum absolute atomic E-state index is 11.2. The fraction of sp³-hybridized carbons (Fsp3) is 0.375. The summed E-state index contributed by atoms with van der Waals surface area (Å²) in [5, 5.41) is 6.40. The molecular weight excluding hydrogens is 168 g/mol. The zero-order valence-corrected chi connectivity index (χ0v) is 7.32. The highest BCUT2D eigenvalue weighted by Gasteiger charge is 2.03. The van der Waals surface area contributed by atoms with Gasteiger partial charge in [-0.25, -0.2) is 10.1 Å². The third-order valence-electron chi connectivity index (χ3n) is 1.91. The molecule has 0 saturated heterocycles. The van der Waals surface area contributed by atoms with Crippen LogP contribution in [0.5, 0.6) is 0 Å². The quantitative estimate of drug-likeness (QED) is 0.722. The number of fused-ring (bicyclic) bond motifs is 1. The molecule has 0 unspecified atom stereocenters. The number of hydrogen-bond donors (Lipinski definition) is 1. The van der Waals surface area contributed by atoms with Crippen LogP contribution >= 0.6 is 0 Å². The molecule has 0 aromatic carbocycles. The first-order valence-corrected chi connectivity index (χ1v) is 4.22. The fourth-order valence-electron chi connectivity index (χ4n) is 1.30. The smallest absolute Gasteiger partial charge is 0.280 e. The second-order valence-corrected chi connectivity index (χ2v) is 2.87. The van der Waals surface area contributed by atoms with Gasteiger partial charge < -0.3 is 0 Å². The van der Waals surface area contributed by atoms with Crippen molar-refractivity contribution in [1.29, 1.82) is 0 Å². The summed E-state index contributed by atoms with van der Waals surface area (Å²) in [6.07, 6.45) is 4.98. The van der Waals surface area contributed by atoms with Crippen molar-refractivity contribution in [2.24, 2.45) is 0 Å². The van der Waals surface area contributed by atoms with E-state index in [9.17, 15) is 4.79 Å². The van der Waals surface area contributed by atoms with Gasteiger partial charge in [0.25, 0.3) is 5.56 Å². The van der Waals surface area contributed by atoms with Gasteiger partial charge in [-0.05, 0) is 6.42 Å². The van der Waals surface area contributed by atoms with Crippen LogP contribution < -0.4 is 5.56 Å². The van der Waals surface area contributed by atoms with E-state index in [1.807, 2.05) is 0 Å². The maximum atomic E-state index is 11.2. The second kappa shape index (κ2) is 3.01. The van der Waals surface area contributed by atoms with Gasteiger partial charge in [0.05, 0.1) is 6.20 Å². The third-order valence-corrected chi connectivity index (χ3v) is 1.91. The Morgan fingerprint density at radius 2 is 2.46 bits per heavy atom. The molecule has 0 aliphatic carbocycles. The van der Waals surface area contributed by atoms with Crippen LogP contribution in [-0.2, 0) is 6.42 Å². The summed E-state index contributed by atoms with van der Waals surface area (Å²) >= 11 is 0. The van der Waals surface area contributed by atoms with Crippen molar-refractivity contribution in [2.45, 2.75) is 19.8 Å². The molecule has 0 fully saturated rings. The summed E-state index contributed by atoms with van der Waals surface area (Å²) in [6, 6.07) is 0. The molecule has 13 heavy (non-hydrogen) atoms. The van der Waals surface area contributed by atoms with E-state index in [4.69, 9.17) is 0 Å². The zero-order valence-electron chi connectivity index (χ0n) is 7.32. The SMILES string of the molecule is CCCc1n[nH]c(=O)c2cncn12. The minimum Gasteiger partial charge on any atom is -0.280 e. The van der Waals surface area contributed by atoms with E-state index < -0.39 is 0 Å². The van der Waals surface area contributed by atoms with Gasteiger partial charge >= 0.3 is 0 Å². The molecule has 0 amide bonds. The first-order chi connectivity index (χ1) is 6.33. The predicted molar refractivity (Wildman–Crippen MR) is 47.6 cm³/mol. The minimum atomic E-state index is -0.197. The van der Waals surface area contributed by atoms with Crippen molar-refractivity contribution in [3.05, 3.63) is 28.7 Å². The van der Waals surface area contributed by atoms with E-state index in [0.29, 0.717) is 5.52 Å². The van der Waals surface area contributed by atoms with E-state index in [1.165, 1.54) is 0 Å². The molecule has 5 heteroatoms. The first kappa shape index (κ1) is 7.97. The number of aromatic nitrogens is 4. The third kappa shape index (κ3) is 1.22. The van der Waals surface area contributed by atoms with Crippen LogP contribution in [-0.4, -0.2) is 19.6 Å². The van der Waals surface area contributed by atoms with Crippen molar-refractivity contribution in [2.75, 3.05) is 0 Å². The number of rotatable bonds is 2. The topological polar surface area (TPSA) is 63.0 Å². The van der Waals surface area contributed by atoms with E-state index >= 15 is 0 Å². The molecule has 0 bridgehead atoms. The zero-order chi connectivity index (χ0) is 9.26. The molecule has 0 aliphatic heterocycles. The molecule has 2 aromatic rings. The van der Waals surface area contributed by atoms with Crippen LogP contribution in [0.25, 0.3) is 5.52 Å². The molecular formula is C8H10N4O. The summed E-state index contributed by atoms with van der Waals surface area (Å²) in [6.45, 7) is 2.07. The molecule has 0 radical (unpaired) electrons. The van der Waals surface area contributed by atoms with Crippen molar-refractivity contribution < 1.29 is 0 Å². The van der Waals surface area contributed by atoms with Gasteiger partial charge in [-0.15, -0.1) is 0 Å². The van der Waals surface area contributed by atoms with Crippen LogP contribution in [0.3, 0.4) is 0 Å². The number of imidazole rings is 1. The van der Waals surface area contributed by atoms with Gasteiger partial charge in [-0.3, -0.25) is 9.20 Å². The van der Waals surface area contributed by atoms with Gasteiger partial charge in [-0.2, -0.15) is 5.10 Å². The summed E-state index contributed by atoms with van der Waals surface area (Å²) in [5.74, 6) is 0.842. The lowest BCUT2D eigenvalue weighted by Crippen LogP contribution is -2.14. The van der Waals surface area contributed by atoms with E-state index in [-0.39, 0.29) is 5.56 Å². The molecule has 68 valence electrons. The van der Waals surface area contributed by atoms with Gasteiger partial charge in [0.2, 0.25) is 0 Å². The summed E-state index contributed by atoms with van der Waals surface area (Å²) in [5.41, 5.74) is 0.357. The Bertz CT molecular complexity index is 470. The van der Waals surface area contributed by atoms with Crippen LogP contribution in [0.4, 0.5) is 0 Å². The van der Waals surface area contributed by atoms with Gasteiger partial charge in [0, 0.05) is 6.42 Å². The van der Waals surface area contributed by atoms with E-state index in [1.54, 1.807) is 16.9 Å². The average Bonchev–Trinajstić information content (AvgIpc) is 2.59. The first-order valence-electron chi connectivity index (χ1n) is 4.22. The molecule has 0 atom stereocenters. The van der Waals surface area contributed by atoms with Crippen LogP contribution in [0.1, 0.15) is 19.2 Å². The molecule has 2 aromatic heterocycles.